The average molecular weight is 453 g/mol. The first kappa shape index (κ1) is 23.9. The van der Waals surface area contributed by atoms with Gasteiger partial charge in [0.15, 0.2) is 5.82 Å². The van der Waals surface area contributed by atoms with E-state index in [1.807, 2.05) is 13.0 Å². The Morgan fingerprint density at radius 3 is 2.41 bits per heavy atom. The molecule has 1 aromatic heterocycles. The number of piperazine rings is 1. The highest BCUT2D eigenvalue weighted by Crippen LogP contribution is 2.24. The minimum absolute atomic E-state index is 0.0144. The second kappa shape index (κ2) is 10.7. The summed E-state index contributed by atoms with van der Waals surface area (Å²) >= 11 is 0. The third-order valence-corrected chi connectivity index (χ3v) is 5.19. The molecule has 0 unspecified atom stereocenters. The van der Waals surface area contributed by atoms with Gasteiger partial charge in [0.05, 0.1) is 4.92 Å². The van der Waals surface area contributed by atoms with Gasteiger partial charge in [0.2, 0.25) is 0 Å². The van der Waals surface area contributed by atoms with Crippen molar-refractivity contribution in [1.82, 2.24) is 14.9 Å². The molecular formula is C21H26F3N5O3. The third-order valence-electron chi connectivity index (χ3n) is 5.19. The van der Waals surface area contributed by atoms with Crippen LogP contribution in [0.2, 0.25) is 0 Å². The van der Waals surface area contributed by atoms with Crippen molar-refractivity contribution in [1.29, 1.82) is 0 Å². The van der Waals surface area contributed by atoms with Crippen LogP contribution < -0.4 is 4.90 Å². The van der Waals surface area contributed by atoms with Gasteiger partial charge in [-0.2, -0.15) is 13.2 Å². The molecule has 0 N–H and O–H groups in total. The van der Waals surface area contributed by atoms with Crippen molar-refractivity contribution < 1.29 is 22.8 Å². The lowest BCUT2D eigenvalue weighted by molar-refractivity contribution is -0.384. The Morgan fingerprint density at radius 1 is 1.12 bits per heavy atom. The maximum atomic E-state index is 12.1. The molecule has 1 aliphatic heterocycles. The van der Waals surface area contributed by atoms with Crippen LogP contribution in [0.25, 0.3) is 11.4 Å². The van der Waals surface area contributed by atoms with Crippen molar-refractivity contribution >= 4 is 11.5 Å². The molecule has 0 spiro atoms. The number of hydrogen-bond acceptors (Lipinski definition) is 7. The molecule has 0 atom stereocenters. The standard InChI is InChI=1S/C21H26F3N5O3/c1-2-17-14-19(26-20(25-17)16-4-6-18(7-5-16)29(30)31)28-11-9-27(10-12-28)8-3-13-32-15-21(22,23)24/h4-7,14H,2-3,8-13,15H2,1H3. The number of alkyl halides is 3. The number of benzene rings is 1. The second-order valence-corrected chi connectivity index (χ2v) is 7.55. The first-order chi connectivity index (χ1) is 15.2. The summed E-state index contributed by atoms with van der Waals surface area (Å²) in [7, 11) is 0. The SMILES string of the molecule is CCc1cc(N2CCN(CCCOCC(F)(F)F)CC2)nc(-c2ccc([N+](=O)[O-])cc2)n1. The summed E-state index contributed by atoms with van der Waals surface area (Å²) < 4.78 is 41.0. The molecule has 8 nitrogen and oxygen atoms in total. The first-order valence-electron chi connectivity index (χ1n) is 10.5. The van der Waals surface area contributed by atoms with Gasteiger partial charge in [-0.3, -0.25) is 15.0 Å². The van der Waals surface area contributed by atoms with Crippen LogP contribution in [0.3, 0.4) is 0 Å². The Bertz CT molecular complexity index is 901. The summed E-state index contributed by atoms with van der Waals surface area (Å²) in [5.41, 5.74) is 1.61. The van der Waals surface area contributed by atoms with Gasteiger partial charge in [-0.05, 0) is 25.0 Å². The fraction of sp³-hybridized carbons (Fsp3) is 0.524. The number of aromatic nitrogens is 2. The van der Waals surface area contributed by atoms with Gasteiger partial charge in [-0.15, -0.1) is 0 Å². The number of rotatable bonds is 9. The minimum atomic E-state index is -4.28. The lowest BCUT2D eigenvalue weighted by atomic mass is 10.2. The molecule has 0 bridgehead atoms. The molecular weight excluding hydrogens is 427 g/mol. The summed E-state index contributed by atoms with van der Waals surface area (Å²) in [6, 6.07) is 8.13. The summed E-state index contributed by atoms with van der Waals surface area (Å²) in [4.78, 5) is 24.1. The molecule has 0 aliphatic carbocycles. The Hall–Kier alpha value is -2.79. The Labute approximate surface area is 184 Å². The normalized spacial score (nSPS) is 15.2. The van der Waals surface area contributed by atoms with Gasteiger partial charge in [-0.1, -0.05) is 6.92 Å². The van der Waals surface area contributed by atoms with Crippen LogP contribution in [0, 0.1) is 10.1 Å². The highest BCUT2D eigenvalue weighted by Gasteiger charge is 2.27. The van der Waals surface area contributed by atoms with Crippen LogP contribution in [0.1, 0.15) is 19.0 Å². The van der Waals surface area contributed by atoms with Gasteiger partial charge in [0.1, 0.15) is 12.4 Å². The number of nitrogens with zero attached hydrogens (tertiary/aromatic N) is 5. The zero-order valence-electron chi connectivity index (χ0n) is 17.8. The molecule has 1 fully saturated rings. The molecule has 2 aromatic rings. The van der Waals surface area contributed by atoms with E-state index in [9.17, 15) is 23.3 Å². The topological polar surface area (TPSA) is 84.6 Å². The van der Waals surface area contributed by atoms with Gasteiger partial charge in [0, 0.05) is 68.8 Å². The van der Waals surface area contributed by atoms with E-state index >= 15 is 0 Å². The number of nitro groups is 1. The number of nitro benzene ring substituents is 1. The van der Waals surface area contributed by atoms with Crippen molar-refractivity contribution in [2.24, 2.45) is 0 Å². The number of aryl methyl sites for hydroxylation is 1. The second-order valence-electron chi connectivity index (χ2n) is 7.55. The molecule has 3 rings (SSSR count). The smallest absolute Gasteiger partial charge is 0.372 e. The van der Waals surface area contributed by atoms with Crippen molar-refractivity contribution in [2.75, 3.05) is 50.8 Å². The van der Waals surface area contributed by atoms with Crippen molar-refractivity contribution in [2.45, 2.75) is 25.9 Å². The van der Waals surface area contributed by atoms with Gasteiger partial charge in [-0.25, -0.2) is 9.97 Å². The predicted molar refractivity (Wildman–Crippen MR) is 114 cm³/mol. The summed E-state index contributed by atoms with van der Waals surface area (Å²) in [6.45, 7) is 4.60. The van der Waals surface area contributed by atoms with Crippen LogP contribution in [0.15, 0.2) is 30.3 Å². The molecule has 2 heterocycles. The van der Waals surface area contributed by atoms with Crippen LogP contribution in [-0.4, -0.2) is 71.9 Å². The van der Waals surface area contributed by atoms with Crippen molar-refractivity contribution in [3.8, 4) is 11.4 Å². The van der Waals surface area contributed by atoms with E-state index in [1.165, 1.54) is 12.1 Å². The van der Waals surface area contributed by atoms with Crippen molar-refractivity contribution in [3.63, 3.8) is 0 Å². The number of anilines is 1. The number of halogens is 3. The minimum Gasteiger partial charge on any atom is -0.372 e. The largest absolute Gasteiger partial charge is 0.411 e. The maximum Gasteiger partial charge on any atom is 0.411 e. The fourth-order valence-electron chi connectivity index (χ4n) is 3.47. The van der Waals surface area contributed by atoms with Crippen LogP contribution in [-0.2, 0) is 11.2 Å². The highest BCUT2D eigenvalue weighted by molar-refractivity contribution is 5.60. The number of non-ortho nitro benzene ring substituents is 1. The first-order valence-corrected chi connectivity index (χ1v) is 10.5. The number of hydrogen-bond donors (Lipinski definition) is 0. The van der Waals surface area contributed by atoms with E-state index in [1.54, 1.807) is 12.1 Å². The third kappa shape index (κ3) is 6.86. The van der Waals surface area contributed by atoms with E-state index in [2.05, 4.69) is 24.5 Å². The van der Waals surface area contributed by atoms with Crippen LogP contribution in [0.5, 0.6) is 0 Å². The van der Waals surface area contributed by atoms with Gasteiger partial charge in [0.25, 0.3) is 5.69 Å². The molecule has 0 saturated carbocycles. The Kier molecular flexibility index (Phi) is 7.97. The Morgan fingerprint density at radius 2 is 1.81 bits per heavy atom. The van der Waals surface area contributed by atoms with Crippen LogP contribution >= 0.6 is 0 Å². The lowest BCUT2D eigenvalue weighted by Gasteiger charge is -2.35. The summed E-state index contributed by atoms with van der Waals surface area (Å²) in [6.07, 6.45) is -3.00. The lowest BCUT2D eigenvalue weighted by Crippen LogP contribution is -2.47. The zero-order chi connectivity index (χ0) is 23.1. The molecule has 11 heteroatoms. The maximum absolute atomic E-state index is 12.1. The molecule has 1 aromatic carbocycles. The molecule has 1 aliphatic rings. The molecule has 174 valence electrons. The molecule has 0 amide bonds. The monoisotopic (exact) mass is 453 g/mol. The van der Waals surface area contributed by atoms with E-state index in [0.29, 0.717) is 24.4 Å². The zero-order valence-corrected chi connectivity index (χ0v) is 17.8. The van der Waals surface area contributed by atoms with Gasteiger partial charge >= 0.3 is 6.18 Å². The fourth-order valence-corrected chi connectivity index (χ4v) is 3.47. The van der Waals surface area contributed by atoms with E-state index in [0.717, 1.165) is 44.1 Å². The molecule has 0 radical (unpaired) electrons. The molecule has 32 heavy (non-hydrogen) atoms. The predicted octanol–water partition coefficient (Wildman–Crippen LogP) is 3.71. The summed E-state index contributed by atoms with van der Waals surface area (Å²) in [5, 5.41) is 10.9. The van der Waals surface area contributed by atoms with E-state index in [4.69, 9.17) is 0 Å². The van der Waals surface area contributed by atoms with Gasteiger partial charge < -0.3 is 9.64 Å². The van der Waals surface area contributed by atoms with Crippen LogP contribution in [0.4, 0.5) is 24.7 Å². The van der Waals surface area contributed by atoms with E-state index < -0.39 is 17.7 Å². The average Bonchev–Trinajstić information content (AvgIpc) is 2.78. The quantitative estimate of drug-likeness (QED) is 0.325. The summed E-state index contributed by atoms with van der Waals surface area (Å²) in [5.74, 6) is 1.33. The van der Waals surface area contributed by atoms with Crippen molar-refractivity contribution in [3.05, 3.63) is 46.1 Å². The molecule has 1 saturated heterocycles. The van der Waals surface area contributed by atoms with E-state index in [-0.39, 0.29) is 12.3 Å². The Balaban J connectivity index is 1.58. The highest BCUT2D eigenvalue weighted by atomic mass is 19.4. The number of ether oxygens (including phenoxy) is 1.